The van der Waals surface area contributed by atoms with Crippen LogP contribution in [0.4, 0.5) is 5.69 Å². The third-order valence-corrected chi connectivity index (χ3v) is 3.00. The van der Waals surface area contributed by atoms with Crippen LogP contribution in [0.5, 0.6) is 0 Å². The van der Waals surface area contributed by atoms with Crippen molar-refractivity contribution in [3.05, 3.63) is 53.0 Å². The van der Waals surface area contributed by atoms with Gasteiger partial charge in [0.15, 0.2) is 5.76 Å². The Hall–Kier alpha value is -3.09. The zero-order valence-corrected chi connectivity index (χ0v) is 12.8. The molecule has 7 heteroatoms. The van der Waals surface area contributed by atoms with Crippen LogP contribution in [0, 0.1) is 6.92 Å². The zero-order valence-electron chi connectivity index (χ0n) is 12.8. The van der Waals surface area contributed by atoms with E-state index in [1.165, 1.54) is 38.5 Å². The first-order valence-electron chi connectivity index (χ1n) is 6.64. The van der Waals surface area contributed by atoms with Gasteiger partial charge in [-0.2, -0.15) is 0 Å². The van der Waals surface area contributed by atoms with E-state index in [0.717, 1.165) is 0 Å². The number of aryl methyl sites for hydroxylation is 1. The van der Waals surface area contributed by atoms with E-state index >= 15 is 0 Å². The molecule has 0 aliphatic rings. The molecule has 0 saturated heterocycles. The first-order chi connectivity index (χ1) is 10.9. The summed E-state index contributed by atoms with van der Waals surface area (Å²) < 4.78 is 14.5. The van der Waals surface area contributed by atoms with Crippen LogP contribution in [0.3, 0.4) is 0 Å². The van der Waals surface area contributed by atoms with Gasteiger partial charge in [0.1, 0.15) is 5.76 Å². The molecule has 1 aromatic heterocycles. The van der Waals surface area contributed by atoms with Gasteiger partial charge in [0.05, 0.1) is 25.3 Å². The maximum Gasteiger partial charge on any atom is 0.337 e. The van der Waals surface area contributed by atoms with Gasteiger partial charge in [-0.15, -0.1) is 0 Å². The highest BCUT2D eigenvalue weighted by atomic mass is 16.5. The standard InChI is InChI=1S/C16H15NO6/c1-9-4-5-13(23-9)14(18)17-12-7-10(15(19)21-2)6-11(8-12)16(20)22-3/h4-8H,1-3H3,(H,17,18). The molecule has 1 N–H and O–H groups in total. The van der Waals surface area contributed by atoms with Crippen molar-refractivity contribution >= 4 is 23.5 Å². The van der Waals surface area contributed by atoms with Crippen molar-refractivity contribution in [1.29, 1.82) is 0 Å². The summed E-state index contributed by atoms with van der Waals surface area (Å²) in [4.78, 5) is 35.5. The van der Waals surface area contributed by atoms with Crippen LogP contribution < -0.4 is 5.32 Å². The molecule has 2 aromatic rings. The Morgan fingerprint density at radius 2 is 1.52 bits per heavy atom. The topological polar surface area (TPSA) is 94.8 Å². The van der Waals surface area contributed by atoms with Crippen molar-refractivity contribution in [3.63, 3.8) is 0 Å². The number of anilines is 1. The van der Waals surface area contributed by atoms with Crippen LogP contribution in [0.2, 0.25) is 0 Å². The molecule has 23 heavy (non-hydrogen) atoms. The third kappa shape index (κ3) is 3.76. The second kappa shape index (κ2) is 6.78. The van der Waals surface area contributed by atoms with E-state index < -0.39 is 17.8 Å². The van der Waals surface area contributed by atoms with Gasteiger partial charge in [-0.05, 0) is 37.3 Å². The molecule has 0 fully saturated rings. The average Bonchev–Trinajstić information content (AvgIpc) is 2.99. The van der Waals surface area contributed by atoms with Gasteiger partial charge in [-0.25, -0.2) is 9.59 Å². The summed E-state index contributed by atoms with van der Waals surface area (Å²) in [6.45, 7) is 1.71. The van der Waals surface area contributed by atoms with E-state index in [1.807, 2.05) is 0 Å². The molecule has 0 atom stereocenters. The molecule has 0 aliphatic heterocycles. The predicted octanol–water partition coefficient (Wildman–Crippen LogP) is 2.41. The van der Waals surface area contributed by atoms with Gasteiger partial charge in [-0.3, -0.25) is 4.79 Å². The highest BCUT2D eigenvalue weighted by Crippen LogP contribution is 2.18. The monoisotopic (exact) mass is 317 g/mol. The van der Waals surface area contributed by atoms with Crippen LogP contribution in [0.15, 0.2) is 34.7 Å². The fraction of sp³-hybridized carbons (Fsp3) is 0.188. The molecule has 0 spiro atoms. The molecule has 2 rings (SSSR count). The Bertz CT molecular complexity index is 727. The highest BCUT2D eigenvalue weighted by molar-refractivity contribution is 6.04. The minimum absolute atomic E-state index is 0.112. The van der Waals surface area contributed by atoms with E-state index in [0.29, 0.717) is 5.76 Å². The Morgan fingerprint density at radius 1 is 0.957 bits per heavy atom. The quantitative estimate of drug-likeness (QED) is 0.870. The maximum atomic E-state index is 12.1. The molecule has 1 heterocycles. The number of rotatable bonds is 4. The van der Waals surface area contributed by atoms with Crippen molar-refractivity contribution in [2.45, 2.75) is 6.92 Å². The van der Waals surface area contributed by atoms with Gasteiger partial charge in [-0.1, -0.05) is 0 Å². The summed E-state index contributed by atoms with van der Waals surface area (Å²) in [5.74, 6) is -1.07. The minimum Gasteiger partial charge on any atom is -0.465 e. The Morgan fingerprint density at radius 3 is 1.96 bits per heavy atom. The molecule has 0 bridgehead atoms. The molecular weight excluding hydrogens is 302 g/mol. The molecule has 0 radical (unpaired) electrons. The number of carbonyl (C=O) groups excluding carboxylic acids is 3. The summed E-state index contributed by atoms with van der Waals surface area (Å²) in [6, 6.07) is 7.29. The summed E-state index contributed by atoms with van der Waals surface area (Å²) in [5, 5.41) is 2.56. The van der Waals surface area contributed by atoms with E-state index in [4.69, 9.17) is 4.42 Å². The predicted molar refractivity (Wildman–Crippen MR) is 80.5 cm³/mol. The van der Waals surface area contributed by atoms with Crippen LogP contribution >= 0.6 is 0 Å². The smallest absolute Gasteiger partial charge is 0.337 e. The number of esters is 2. The summed E-state index contributed by atoms with van der Waals surface area (Å²) in [7, 11) is 2.44. The highest BCUT2D eigenvalue weighted by Gasteiger charge is 2.16. The third-order valence-electron chi connectivity index (χ3n) is 3.00. The molecule has 7 nitrogen and oxygen atoms in total. The molecule has 1 aromatic carbocycles. The number of nitrogens with one attached hydrogen (secondary N) is 1. The van der Waals surface area contributed by atoms with E-state index in [9.17, 15) is 14.4 Å². The lowest BCUT2D eigenvalue weighted by Gasteiger charge is -2.08. The van der Waals surface area contributed by atoms with Crippen molar-refractivity contribution < 1.29 is 28.3 Å². The summed E-state index contributed by atoms with van der Waals surface area (Å²) in [5.41, 5.74) is 0.468. The lowest BCUT2D eigenvalue weighted by Crippen LogP contribution is -2.13. The number of ether oxygens (including phenoxy) is 2. The van der Waals surface area contributed by atoms with Crippen molar-refractivity contribution in [3.8, 4) is 0 Å². The second-order valence-electron chi connectivity index (χ2n) is 4.65. The number of hydrogen-bond donors (Lipinski definition) is 1. The number of methoxy groups -OCH3 is 2. The van der Waals surface area contributed by atoms with E-state index in [1.54, 1.807) is 13.0 Å². The fourth-order valence-electron chi connectivity index (χ4n) is 1.92. The van der Waals surface area contributed by atoms with Crippen LogP contribution in [0.1, 0.15) is 37.0 Å². The largest absolute Gasteiger partial charge is 0.465 e. The van der Waals surface area contributed by atoms with Crippen molar-refractivity contribution in [2.75, 3.05) is 19.5 Å². The van der Waals surface area contributed by atoms with E-state index in [-0.39, 0.29) is 22.6 Å². The zero-order chi connectivity index (χ0) is 17.0. The summed E-state index contributed by atoms with van der Waals surface area (Å²) >= 11 is 0. The minimum atomic E-state index is -0.639. The van der Waals surface area contributed by atoms with Gasteiger partial charge in [0, 0.05) is 5.69 Å². The fourth-order valence-corrected chi connectivity index (χ4v) is 1.92. The molecule has 120 valence electrons. The van der Waals surface area contributed by atoms with E-state index in [2.05, 4.69) is 14.8 Å². The van der Waals surface area contributed by atoms with Gasteiger partial charge < -0.3 is 19.2 Å². The number of furan rings is 1. The molecule has 0 aliphatic carbocycles. The van der Waals surface area contributed by atoms with Crippen molar-refractivity contribution in [1.82, 2.24) is 0 Å². The van der Waals surface area contributed by atoms with Gasteiger partial charge in [0.2, 0.25) is 0 Å². The summed E-state index contributed by atoms with van der Waals surface area (Å²) in [6.07, 6.45) is 0. The average molecular weight is 317 g/mol. The van der Waals surface area contributed by atoms with Crippen LogP contribution in [-0.4, -0.2) is 32.1 Å². The maximum absolute atomic E-state index is 12.1. The normalized spacial score (nSPS) is 10.0. The van der Waals surface area contributed by atoms with Gasteiger partial charge >= 0.3 is 11.9 Å². The van der Waals surface area contributed by atoms with Gasteiger partial charge in [0.25, 0.3) is 5.91 Å². The SMILES string of the molecule is COC(=O)c1cc(NC(=O)c2ccc(C)o2)cc(C(=O)OC)c1. The van der Waals surface area contributed by atoms with Crippen molar-refractivity contribution in [2.24, 2.45) is 0 Å². The second-order valence-corrected chi connectivity index (χ2v) is 4.65. The number of carbonyl (C=O) groups is 3. The van der Waals surface area contributed by atoms with Crippen LogP contribution in [0.25, 0.3) is 0 Å². The molecule has 0 unspecified atom stereocenters. The Balaban J connectivity index is 2.34. The Kier molecular flexibility index (Phi) is 4.80. The van der Waals surface area contributed by atoms with Crippen LogP contribution in [-0.2, 0) is 9.47 Å². The molecular formula is C16H15NO6. The number of hydrogen-bond acceptors (Lipinski definition) is 6. The number of amides is 1. The Labute approximate surface area is 132 Å². The first-order valence-corrected chi connectivity index (χ1v) is 6.64. The lowest BCUT2D eigenvalue weighted by atomic mass is 10.1. The first kappa shape index (κ1) is 16.3. The number of benzene rings is 1. The lowest BCUT2D eigenvalue weighted by molar-refractivity contribution is 0.0599. The molecule has 1 amide bonds. The molecule has 0 saturated carbocycles.